The van der Waals surface area contributed by atoms with Gasteiger partial charge in [0.15, 0.2) is 0 Å². The highest BCUT2D eigenvalue weighted by Gasteiger charge is 2.47. The van der Waals surface area contributed by atoms with E-state index in [-0.39, 0.29) is 11.5 Å². The minimum atomic E-state index is -0.637. The van der Waals surface area contributed by atoms with E-state index >= 15 is 0 Å². The molecule has 24 heavy (non-hydrogen) atoms. The lowest BCUT2D eigenvalue weighted by molar-refractivity contribution is -0.142. The highest BCUT2D eigenvalue weighted by Crippen LogP contribution is 2.43. The molecule has 1 spiro atoms. The van der Waals surface area contributed by atoms with Gasteiger partial charge in [-0.2, -0.15) is 0 Å². The lowest BCUT2D eigenvalue weighted by Crippen LogP contribution is -2.41. The third-order valence-corrected chi connectivity index (χ3v) is 5.81. The third kappa shape index (κ3) is 3.81. The Morgan fingerprint density at radius 2 is 2.08 bits per heavy atom. The molecule has 0 radical (unpaired) electrons. The van der Waals surface area contributed by atoms with E-state index < -0.39 is 5.97 Å². The van der Waals surface area contributed by atoms with Crippen LogP contribution in [-0.4, -0.2) is 53.1 Å². The van der Waals surface area contributed by atoms with Gasteiger partial charge < -0.3 is 5.11 Å². The first-order chi connectivity index (χ1) is 11.5. The number of aryl methyl sites for hydroxylation is 1. The Balaban J connectivity index is 1.59. The standard InChI is InChI=1S/C20H30N2O2/c1-3-9-22-15-20(13-18(22)19(23)24)7-10-21(11-8-20)14-17-6-4-5-16(2)12-17/h4-6,12,18H,3,7-11,13-15H2,1-2H3,(H,23,24)/t18-/m1/s1. The van der Waals surface area contributed by atoms with Gasteiger partial charge in [0.2, 0.25) is 0 Å². The van der Waals surface area contributed by atoms with Crippen LogP contribution in [0.2, 0.25) is 0 Å². The first-order valence-electron chi connectivity index (χ1n) is 9.26. The number of nitrogens with zero attached hydrogens (tertiary/aromatic N) is 2. The van der Waals surface area contributed by atoms with Gasteiger partial charge in [0.25, 0.3) is 0 Å². The molecule has 2 aliphatic rings. The molecule has 1 aromatic rings. The van der Waals surface area contributed by atoms with Gasteiger partial charge in [0.1, 0.15) is 6.04 Å². The van der Waals surface area contributed by atoms with Crippen molar-refractivity contribution in [1.29, 1.82) is 0 Å². The normalized spacial score (nSPS) is 24.5. The molecule has 0 aliphatic carbocycles. The average Bonchev–Trinajstić information content (AvgIpc) is 2.89. The zero-order valence-corrected chi connectivity index (χ0v) is 15.0. The Morgan fingerprint density at radius 1 is 1.33 bits per heavy atom. The molecule has 0 unspecified atom stereocenters. The van der Waals surface area contributed by atoms with E-state index in [2.05, 4.69) is 47.9 Å². The second-order valence-corrected chi connectivity index (χ2v) is 7.79. The lowest BCUT2D eigenvalue weighted by atomic mass is 9.76. The molecular weight excluding hydrogens is 300 g/mol. The van der Waals surface area contributed by atoms with Crippen LogP contribution in [0.5, 0.6) is 0 Å². The highest BCUT2D eigenvalue weighted by atomic mass is 16.4. The Morgan fingerprint density at radius 3 is 2.71 bits per heavy atom. The van der Waals surface area contributed by atoms with E-state index in [1.807, 2.05) is 0 Å². The van der Waals surface area contributed by atoms with Crippen molar-refractivity contribution in [3.8, 4) is 0 Å². The highest BCUT2D eigenvalue weighted by molar-refractivity contribution is 5.74. The quantitative estimate of drug-likeness (QED) is 0.901. The maximum atomic E-state index is 11.6. The molecular formula is C20H30N2O2. The van der Waals surface area contributed by atoms with Crippen LogP contribution in [0.3, 0.4) is 0 Å². The minimum Gasteiger partial charge on any atom is -0.480 e. The zero-order valence-electron chi connectivity index (χ0n) is 15.0. The van der Waals surface area contributed by atoms with Crippen molar-refractivity contribution in [3.63, 3.8) is 0 Å². The van der Waals surface area contributed by atoms with Crippen LogP contribution in [0, 0.1) is 12.3 Å². The number of aliphatic carboxylic acids is 1. The van der Waals surface area contributed by atoms with Crippen molar-refractivity contribution in [3.05, 3.63) is 35.4 Å². The summed E-state index contributed by atoms with van der Waals surface area (Å²) >= 11 is 0. The number of piperidine rings is 1. The third-order valence-electron chi connectivity index (χ3n) is 5.81. The van der Waals surface area contributed by atoms with Crippen molar-refractivity contribution < 1.29 is 9.90 Å². The largest absolute Gasteiger partial charge is 0.480 e. The summed E-state index contributed by atoms with van der Waals surface area (Å²) < 4.78 is 0. The van der Waals surface area contributed by atoms with Crippen molar-refractivity contribution in [2.75, 3.05) is 26.2 Å². The fourth-order valence-corrected chi connectivity index (χ4v) is 4.53. The Labute approximate surface area is 145 Å². The van der Waals surface area contributed by atoms with Crippen molar-refractivity contribution in [2.45, 2.75) is 52.1 Å². The molecule has 0 saturated carbocycles. The number of rotatable bonds is 5. The number of hydrogen-bond donors (Lipinski definition) is 1. The van der Waals surface area contributed by atoms with Crippen molar-refractivity contribution in [2.24, 2.45) is 5.41 Å². The Kier molecular flexibility index (Phi) is 5.26. The fourth-order valence-electron chi connectivity index (χ4n) is 4.53. The topological polar surface area (TPSA) is 43.8 Å². The van der Waals surface area contributed by atoms with Gasteiger partial charge >= 0.3 is 5.97 Å². The maximum Gasteiger partial charge on any atom is 0.320 e. The number of benzene rings is 1. The first-order valence-corrected chi connectivity index (χ1v) is 9.26. The van der Waals surface area contributed by atoms with Gasteiger partial charge in [-0.1, -0.05) is 36.8 Å². The predicted octanol–water partition coefficient (Wildman–Crippen LogP) is 3.15. The van der Waals surface area contributed by atoms with E-state index in [0.29, 0.717) is 0 Å². The van der Waals surface area contributed by atoms with Gasteiger partial charge in [-0.25, -0.2) is 0 Å². The molecule has 3 rings (SSSR count). The van der Waals surface area contributed by atoms with E-state index in [1.165, 1.54) is 11.1 Å². The molecule has 1 N–H and O–H groups in total. The van der Waals surface area contributed by atoms with E-state index in [4.69, 9.17) is 0 Å². The molecule has 0 bridgehead atoms. The van der Waals surface area contributed by atoms with Gasteiger partial charge in [-0.05, 0) is 63.2 Å². The van der Waals surface area contributed by atoms with Gasteiger partial charge in [-0.15, -0.1) is 0 Å². The van der Waals surface area contributed by atoms with Crippen LogP contribution in [-0.2, 0) is 11.3 Å². The van der Waals surface area contributed by atoms with Crippen molar-refractivity contribution >= 4 is 5.97 Å². The zero-order chi connectivity index (χ0) is 17.2. The van der Waals surface area contributed by atoms with Crippen LogP contribution in [0.1, 0.15) is 43.7 Å². The molecule has 1 atom stereocenters. The summed E-state index contributed by atoms with van der Waals surface area (Å²) in [7, 11) is 0. The fraction of sp³-hybridized carbons (Fsp3) is 0.650. The molecule has 2 saturated heterocycles. The Bertz CT molecular complexity index is 579. The summed E-state index contributed by atoms with van der Waals surface area (Å²) in [6.07, 6.45) is 4.12. The molecule has 0 amide bonds. The van der Waals surface area contributed by atoms with Gasteiger partial charge in [-0.3, -0.25) is 14.6 Å². The Hall–Kier alpha value is -1.39. The summed E-state index contributed by atoms with van der Waals surface area (Å²) in [5.41, 5.74) is 2.92. The lowest BCUT2D eigenvalue weighted by Gasteiger charge is -2.39. The van der Waals surface area contributed by atoms with Crippen LogP contribution < -0.4 is 0 Å². The number of carboxylic acids is 1. The number of hydrogen-bond acceptors (Lipinski definition) is 3. The van der Waals surface area contributed by atoms with E-state index in [0.717, 1.165) is 58.4 Å². The molecule has 2 fully saturated rings. The average molecular weight is 330 g/mol. The first kappa shape index (κ1) is 17.4. The summed E-state index contributed by atoms with van der Waals surface area (Å²) in [5, 5.41) is 9.55. The summed E-state index contributed by atoms with van der Waals surface area (Å²) in [6, 6.07) is 8.47. The molecule has 4 heteroatoms. The second-order valence-electron chi connectivity index (χ2n) is 7.79. The predicted molar refractivity (Wildman–Crippen MR) is 96.0 cm³/mol. The SMILES string of the molecule is CCCN1CC2(CCN(Cc3cccc(C)c3)CC2)C[C@@H]1C(=O)O. The molecule has 1 aromatic carbocycles. The van der Waals surface area contributed by atoms with Crippen LogP contribution in [0.25, 0.3) is 0 Å². The van der Waals surface area contributed by atoms with Gasteiger partial charge in [0, 0.05) is 13.1 Å². The summed E-state index contributed by atoms with van der Waals surface area (Å²) in [5.74, 6) is -0.637. The number of carboxylic acid groups (broad SMARTS) is 1. The number of likely N-dealkylation sites (tertiary alicyclic amines) is 2. The molecule has 2 aliphatic heterocycles. The van der Waals surface area contributed by atoms with Crippen LogP contribution >= 0.6 is 0 Å². The number of carbonyl (C=O) groups is 1. The smallest absolute Gasteiger partial charge is 0.320 e. The van der Waals surface area contributed by atoms with Crippen LogP contribution in [0.4, 0.5) is 0 Å². The van der Waals surface area contributed by atoms with E-state index in [9.17, 15) is 9.90 Å². The van der Waals surface area contributed by atoms with Crippen LogP contribution in [0.15, 0.2) is 24.3 Å². The van der Waals surface area contributed by atoms with E-state index in [1.54, 1.807) is 0 Å². The summed E-state index contributed by atoms with van der Waals surface area (Å²) in [4.78, 5) is 16.3. The maximum absolute atomic E-state index is 11.6. The molecule has 4 nitrogen and oxygen atoms in total. The molecule has 2 heterocycles. The van der Waals surface area contributed by atoms with Gasteiger partial charge in [0.05, 0.1) is 0 Å². The molecule has 132 valence electrons. The monoisotopic (exact) mass is 330 g/mol. The second kappa shape index (κ2) is 7.24. The minimum absolute atomic E-state index is 0.224. The van der Waals surface area contributed by atoms with Crippen molar-refractivity contribution in [1.82, 2.24) is 9.80 Å². The molecule has 0 aromatic heterocycles. The summed E-state index contributed by atoms with van der Waals surface area (Å²) in [6.45, 7) is 9.33.